The molecule has 2 rings (SSSR count). The molecule has 0 radical (unpaired) electrons. The predicted molar refractivity (Wildman–Crippen MR) is 88.8 cm³/mol. The number of hydrogen-bond donors (Lipinski definition) is 0. The topological polar surface area (TPSA) is 92.8 Å². The Morgan fingerprint density at radius 3 is 2.09 bits per heavy atom. The summed E-state index contributed by atoms with van der Waals surface area (Å²) in [4.78, 5) is 16.1. The van der Waals surface area contributed by atoms with Gasteiger partial charge in [0, 0.05) is 0 Å². The fourth-order valence-electron chi connectivity index (χ4n) is 2.30. The maximum atomic E-state index is 12.0. The zero-order valence-electron chi connectivity index (χ0n) is 14.0. The number of carbonyl (C=O) groups excluding carboxylic acids is 1. The molecule has 2 N–H and O–H groups in total. The van der Waals surface area contributed by atoms with Gasteiger partial charge in [-0.05, 0) is 20.8 Å². The molecular formula is C16H25BN2O4. The molecule has 0 aromatic heterocycles. The minimum atomic E-state index is -0.432. The van der Waals surface area contributed by atoms with E-state index in [9.17, 15) is 4.79 Å². The van der Waals surface area contributed by atoms with Gasteiger partial charge in [0.15, 0.2) is 0 Å². The summed E-state index contributed by atoms with van der Waals surface area (Å²) < 4.78 is 5.40. The third-order valence-electron chi connectivity index (χ3n) is 3.41. The monoisotopic (exact) mass is 320 g/mol. The molecule has 1 aromatic carbocycles. The summed E-state index contributed by atoms with van der Waals surface area (Å²) in [7, 11) is 5.69. The van der Waals surface area contributed by atoms with Crippen molar-refractivity contribution in [2.75, 3.05) is 26.2 Å². The van der Waals surface area contributed by atoms with E-state index < -0.39 is 5.60 Å². The third kappa shape index (κ3) is 7.03. The van der Waals surface area contributed by atoms with E-state index in [2.05, 4.69) is 17.0 Å². The van der Waals surface area contributed by atoms with E-state index >= 15 is 0 Å². The van der Waals surface area contributed by atoms with Crippen molar-refractivity contribution in [3.05, 3.63) is 29.8 Å². The molecule has 1 aliphatic rings. The van der Waals surface area contributed by atoms with Crippen molar-refractivity contribution in [1.29, 1.82) is 0 Å². The Balaban J connectivity index is 0.00000242. The van der Waals surface area contributed by atoms with E-state index in [1.165, 1.54) is 5.56 Å². The number of benzene rings is 1. The number of amides is 1. The van der Waals surface area contributed by atoms with Crippen LogP contribution in [0.5, 0.6) is 0 Å². The van der Waals surface area contributed by atoms with E-state index in [0.29, 0.717) is 13.1 Å². The molecule has 6 nitrogen and oxygen atoms in total. The van der Waals surface area contributed by atoms with Crippen LogP contribution in [0, 0.1) is 0 Å². The van der Waals surface area contributed by atoms with Crippen LogP contribution in [0.3, 0.4) is 0 Å². The third-order valence-corrected chi connectivity index (χ3v) is 3.41. The van der Waals surface area contributed by atoms with E-state index in [4.69, 9.17) is 12.6 Å². The maximum absolute atomic E-state index is 12.0. The second-order valence-corrected chi connectivity index (χ2v) is 6.49. The van der Waals surface area contributed by atoms with Crippen LogP contribution in [0.15, 0.2) is 24.3 Å². The van der Waals surface area contributed by atoms with Crippen molar-refractivity contribution >= 4 is 19.4 Å². The Morgan fingerprint density at radius 2 is 1.61 bits per heavy atom. The fourth-order valence-corrected chi connectivity index (χ4v) is 2.30. The van der Waals surface area contributed by atoms with E-state index in [1.54, 1.807) is 4.90 Å². The summed E-state index contributed by atoms with van der Waals surface area (Å²) in [5.74, 6) is 0. The Labute approximate surface area is 139 Å². The smallest absolute Gasteiger partial charge is 0.870 e. The first-order valence-corrected chi connectivity index (χ1v) is 7.38. The van der Waals surface area contributed by atoms with Gasteiger partial charge in [-0.2, -0.15) is 0 Å². The summed E-state index contributed by atoms with van der Waals surface area (Å²) in [6.45, 7) is 9.72. The zero-order valence-corrected chi connectivity index (χ0v) is 14.0. The van der Waals surface area contributed by atoms with Crippen LogP contribution in [0.2, 0.25) is 0 Å². The molecule has 0 atom stereocenters. The quantitative estimate of drug-likeness (QED) is 0.763. The Bertz CT molecular complexity index is 480. The van der Waals surface area contributed by atoms with Crippen molar-refractivity contribution in [2.24, 2.45) is 0 Å². The molecule has 7 heteroatoms. The maximum Gasteiger partial charge on any atom is -0.870 e. The van der Waals surface area contributed by atoms with Gasteiger partial charge in [0.25, 0.3) is 0 Å². The SMILES string of the molecule is [B+2]c1ccc(CN2CCN(C(=O)OC(C)(C)C)CC2)cc1.[OH-].[OH-]. The minimum Gasteiger partial charge on any atom is -0.870 e. The first-order valence-electron chi connectivity index (χ1n) is 7.38. The molecule has 1 amide bonds. The first kappa shape index (κ1) is 21.4. The van der Waals surface area contributed by atoms with Gasteiger partial charge in [0.05, 0.1) is 0 Å². The molecule has 126 valence electrons. The van der Waals surface area contributed by atoms with Gasteiger partial charge in [-0.1, -0.05) is 0 Å². The average molecular weight is 320 g/mol. The van der Waals surface area contributed by atoms with E-state index in [-0.39, 0.29) is 17.0 Å². The van der Waals surface area contributed by atoms with E-state index in [1.807, 2.05) is 32.9 Å². The standard InChI is InChI=1S/C16H23BN2O2.2H2O/c1-16(2,3)21-15(20)19-10-8-18(9-11-19)12-13-4-6-14(17)7-5-13;;/h4-7H,8-12H2,1-3H3;2*1H2/q+2;;/p-2. The van der Waals surface area contributed by atoms with Gasteiger partial charge in [0.2, 0.25) is 0 Å². The molecule has 1 fully saturated rings. The van der Waals surface area contributed by atoms with Crippen LogP contribution in [0.4, 0.5) is 4.79 Å². The van der Waals surface area contributed by atoms with Gasteiger partial charge in [-0.15, -0.1) is 0 Å². The minimum absolute atomic E-state index is 0. The molecule has 0 unspecified atom stereocenters. The Hall–Kier alpha value is -1.57. The summed E-state index contributed by atoms with van der Waals surface area (Å²) in [6, 6.07) is 7.95. The summed E-state index contributed by atoms with van der Waals surface area (Å²) in [5, 5.41) is 0. The fraction of sp³-hybridized carbons (Fsp3) is 0.562. The molecule has 23 heavy (non-hydrogen) atoms. The van der Waals surface area contributed by atoms with Crippen molar-refractivity contribution < 1.29 is 20.5 Å². The van der Waals surface area contributed by atoms with Gasteiger partial charge in [-0.3, -0.25) is 0 Å². The van der Waals surface area contributed by atoms with Crippen molar-refractivity contribution in [3.8, 4) is 0 Å². The van der Waals surface area contributed by atoms with Crippen LogP contribution in [0.1, 0.15) is 26.3 Å². The summed E-state index contributed by atoms with van der Waals surface area (Å²) >= 11 is 0. The number of hydrogen-bond acceptors (Lipinski definition) is 5. The molecule has 0 bridgehead atoms. The second kappa shape index (κ2) is 8.91. The number of nitrogens with zero attached hydrogens (tertiary/aromatic N) is 2. The first-order chi connectivity index (χ1) is 9.83. The molecule has 1 saturated heterocycles. The molecule has 0 spiro atoms. The Kier molecular flexibility index (Phi) is 8.30. The van der Waals surface area contributed by atoms with Crippen LogP contribution in [-0.2, 0) is 11.3 Å². The Morgan fingerprint density at radius 1 is 1.09 bits per heavy atom. The number of rotatable bonds is 2. The van der Waals surface area contributed by atoms with Gasteiger partial charge >= 0.3 is 107 Å². The number of carbonyl (C=O) groups is 1. The average Bonchev–Trinajstić information content (AvgIpc) is 2.40. The molecule has 1 aromatic rings. The zero-order chi connectivity index (χ0) is 15.5. The molecule has 0 saturated carbocycles. The largest absolute Gasteiger partial charge is 0.870 e. The van der Waals surface area contributed by atoms with Crippen molar-refractivity contribution in [1.82, 2.24) is 9.80 Å². The summed E-state index contributed by atoms with van der Waals surface area (Å²) in [6.07, 6.45) is -0.213. The van der Waals surface area contributed by atoms with Crippen LogP contribution < -0.4 is 5.46 Å². The molecule has 0 aliphatic carbocycles. The van der Waals surface area contributed by atoms with Gasteiger partial charge in [0.1, 0.15) is 0 Å². The van der Waals surface area contributed by atoms with Crippen molar-refractivity contribution in [3.63, 3.8) is 0 Å². The van der Waals surface area contributed by atoms with E-state index in [0.717, 1.165) is 25.1 Å². The number of ether oxygens (including phenoxy) is 1. The molecular weight excluding hydrogens is 295 g/mol. The van der Waals surface area contributed by atoms with Gasteiger partial charge < -0.3 is 11.0 Å². The number of piperazine rings is 1. The van der Waals surface area contributed by atoms with Gasteiger partial charge in [-0.25, -0.2) is 0 Å². The molecule has 1 aliphatic heterocycles. The second-order valence-electron chi connectivity index (χ2n) is 6.49. The normalized spacial score (nSPS) is 15.4. The molecule has 1 heterocycles. The van der Waals surface area contributed by atoms with Crippen molar-refractivity contribution in [2.45, 2.75) is 32.9 Å². The summed E-state index contributed by atoms with van der Waals surface area (Å²) in [5.41, 5.74) is 1.60. The van der Waals surface area contributed by atoms with Crippen LogP contribution in [-0.4, -0.2) is 66.5 Å². The van der Waals surface area contributed by atoms with Crippen LogP contribution >= 0.6 is 0 Å². The predicted octanol–water partition coefficient (Wildman–Crippen LogP) is 1.18. The van der Waals surface area contributed by atoms with Crippen LogP contribution in [0.25, 0.3) is 0 Å².